The maximum absolute atomic E-state index is 12.2. The number of hydrogen-bond acceptors (Lipinski definition) is 2. The first-order valence-electron chi connectivity index (χ1n) is 6.30. The Morgan fingerprint density at radius 1 is 1.11 bits per heavy atom. The maximum atomic E-state index is 12.2. The highest BCUT2D eigenvalue weighted by atomic mass is 16.6. The summed E-state index contributed by atoms with van der Waals surface area (Å²) in [6.07, 6.45) is 1.79. The summed E-state index contributed by atoms with van der Waals surface area (Å²) in [7, 11) is 0. The van der Waals surface area contributed by atoms with Gasteiger partial charge in [-0.1, -0.05) is 43.0 Å². The predicted molar refractivity (Wildman–Crippen MR) is 79.2 cm³/mol. The van der Waals surface area contributed by atoms with Crippen molar-refractivity contribution in [2.45, 2.75) is 26.4 Å². The molecule has 0 spiro atoms. The minimum atomic E-state index is -0.491. The molecule has 0 N–H and O–H groups in total. The van der Waals surface area contributed by atoms with Crippen LogP contribution in [0.5, 0.6) is 0 Å². The number of benzene rings is 2. The van der Waals surface area contributed by atoms with Crippen molar-refractivity contribution in [2.24, 2.45) is 0 Å². The molecular formula is C17H18O2. The van der Waals surface area contributed by atoms with Gasteiger partial charge in [0.2, 0.25) is 0 Å². The van der Waals surface area contributed by atoms with E-state index in [1.807, 2.05) is 51.1 Å². The predicted octanol–water partition coefficient (Wildman–Crippen LogP) is 4.44. The highest BCUT2D eigenvalue weighted by Crippen LogP contribution is 2.25. The van der Waals surface area contributed by atoms with E-state index in [0.717, 1.165) is 16.3 Å². The maximum Gasteiger partial charge on any atom is 0.339 e. The van der Waals surface area contributed by atoms with Crippen LogP contribution >= 0.6 is 0 Å². The van der Waals surface area contributed by atoms with Crippen LogP contribution in [-0.2, 0) is 4.74 Å². The molecule has 0 saturated carbocycles. The van der Waals surface area contributed by atoms with Crippen LogP contribution in [0.1, 0.15) is 36.7 Å². The van der Waals surface area contributed by atoms with Gasteiger partial charge in [0.25, 0.3) is 0 Å². The fraction of sp³-hybridized carbons (Fsp3) is 0.235. The topological polar surface area (TPSA) is 26.3 Å². The van der Waals surface area contributed by atoms with E-state index in [0.29, 0.717) is 5.56 Å². The summed E-state index contributed by atoms with van der Waals surface area (Å²) in [4.78, 5) is 12.2. The zero-order chi connectivity index (χ0) is 14.0. The van der Waals surface area contributed by atoms with Gasteiger partial charge in [-0.25, -0.2) is 4.79 Å². The van der Waals surface area contributed by atoms with Crippen LogP contribution in [-0.4, -0.2) is 11.6 Å². The van der Waals surface area contributed by atoms with Gasteiger partial charge in [-0.2, -0.15) is 0 Å². The third kappa shape index (κ3) is 2.84. The number of hydrogen-bond donors (Lipinski definition) is 0. The lowest BCUT2D eigenvalue weighted by molar-refractivity contribution is 0.00719. The van der Waals surface area contributed by atoms with E-state index < -0.39 is 5.60 Å². The summed E-state index contributed by atoms with van der Waals surface area (Å²) in [5.41, 5.74) is 1.12. The van der Waals surface area contributed by atoms with Gasteiger partial charge >= 0.3 is 5.97 Å². The van der Waals surface area contributed by atoms with Crippen LogP contribution in [0.25, 0.3) is 16.8 Å². The van der Waals surface area contributed by atoms with Crippen molar-refractivity contribution in [1.82, 2.24) is 0 Å². The van der Waals surface area contributed by atoms with Gasteiger partial charge in [-0.05, 0) is 43.2 Å². The molecule has 0 unspecified atom stereocenters. The van der Waals surface area contributed by atoms with Crippen LogP contribution in [0.3, 0.4) is 0 Å². The van der Waals surface area contributed by atoms with Crippen molar-refractivity contribution in [3.8, 4) is 0 Å². The van der Waals surface area contributed by atoms with Crippen molar-refractivity contribution in [1.29, 1.82) is 0 Å². The summed E-state index contributed by atoms with van der Waals surface area (Å²) < 4.78 is 5.44. The molecule has 0 atom stereocenters. The van der Waals surface area contributed by atoms with Crippen LogP contribution < -0.4 is 0 Å². The first-order valence-corrected chi connectivity index (χ1v) is 6.30. The zero-order valence-corrected chi connectivity index (χ0v) is 11.6. The standard InChI is InChI=1S/C17H18O2/c1-5-12-8-6-10-14-13(12)9-7-11-15(14)16(18)19-17(2,3)4/h5-11H,1H2,2-4H3. The Kier molecular flexibility index (Phi) is 3.43. The highest BCUT2D eigenvalue weighted by molar-refractivity contribution is 6.06. The Balaban J connectivity index is 2.56. The lowest BCUT2D eigenvalue weighted by Crippen LogP contribution is -2.24. The Morgan fingerprint density at radius 2 is 1.74 bits per heavy atom. The number of carbonyl (C=O) groups excluding carboxylic acids is 1. The number of esters is 1. The first kappa shape index (κ1) is 13.3. The molecule has 0 fully saturated rings. The van der Waals surface area contributed by atoms with Crippen LogP contribution in [0.15, 0.2) is 43.0 Å². The second-order valence-electron chi connectivity index (χ2n) is 5.45. The molecule has 0 saturated heterocycles. The molecule has 0 bridgehead atoms. The van der Waals surface area contributed by atoms with E-state index in [2.05, 4.69) is 6.58 Å². The molecular weight excluding hydrogens is 236 g/mol. The molecule has 98 valence electrons. The van der Waals surface area contributed by atoms with Gasteiger partial charge in [0.1, 0.15) is 5.60 Å². The fourth-order valence-electron chi connectivity index (χ4n) is 2.02. The minimum Gasteiger partial charge on any atom is -0.456 e. The van der Waals surface area contributed by atoms with E-state index in [-0.39, 0.29) is 5.97 Å². The molecule has 0 amide bonds. The van der Waals surface area contributed by atoms with Crippen molar-refractivity contribution in [2.75, 3.05) is 0 Å². The Labute approximate surface area is 113 Å². The molecule has 19 heavy (non-hydrogen) atoms. The largest absolute Gasteiger partial charge is 0.456 e. The third-order valence-electron chi connectivity index (χ3n) is 2.79. The Morgan fingerprint density at radius 3 is 2.37 bits per heavy atom. The minimum absolute atomic E-state index is 0.292. The molecule has 0 aliphatic carbocycles. The van der Waals surface area contributed by atoms with Gasteiger partial charge in [0.15, 0.2) is 0 Å². The Hall–Kier alpha value is -2.09. The molecule has 2 rings (SSSR count). The number of fused-ring (bicyclic) bond motifs is 1. The summed E-state index contributed by atoms with van der Waals surface area (Å²) in [5, 5.41) is 1.91. The fourth-order valence-corrected chi connectivity index (χ4v) is 2.02. The molecule has 0 aromatic heterocycles. The van der Waals surface area contributed by atoms with Gasteiger partial charge < -0.3 is 4.74 Å². The molecule has 2 aromatic rings. The van der Waals surface area contributed by atoms with Crippen molar-refractivity contribution < 1.29 is 9.53 Å². The monoisotopic (exact) mass is 254 g/mol. The quantitative estimate of drug-likeness (QED) is 0.741. The van der Waals surface area contributed by atoms with Crippen LogP contribution in [0, 0.1) is 0 Å². The molecule has 2 heteroatoms. The average Bonchev–Trinajstić information content (AvgIpc) is 2.35. The normalized spacial score (nSPS) is 11.3. The lowest BCUT2D eigenvalue weighted by atomic mass is 10.00. The smallest absolute Gasteiger partial charge is 0.339 e. The average molecular weight is 254 g/mol. The zero-order valence-electron chi connectivity index (χ0n) is 11.6. The highest BCUT2D eigenvalue weighted by Gasteiger charge is 2.19. The molecule has 2 nitrogen and oxygen atoms in total. The van der Waals surface area contributed by atoms with Gasteiger partial charge in [0.05, 0.1) is 5.56 Å². The second-order valence-corrected chi connectivity index (χ2v) is 5.45. The Bertz CT molecular complexity index is 633. The molecule has 0 aliphatic heterocycles. The molecule has 2 aromatic carbocycles. The SMILES string of the molecule is C=Cc1cccc2c(C(=O)OC(C)(C)C)cccc12. The summed E-state index contributed by atoms with van der Waals surface area (Å²) in [6.45, 7) is 9.40. The molecule has 0 heterocycles. The number of carbonyl (C=O) groups is 1. The summed E-state index contributed by atoms with van der Waals surface area (Å²) in [5.74, 6) is -0.292. The van der Waals surface area contributed by atoms with Gasteiger partial charge in [0, 0.05) is 0 Å². The van der Waals surface area contributed by atoms with Crippen LogP contribution in [0.2, 0.25) is 0 Å². The van der Waals surface area contributed by atoms with E-state index in [9.17, 15) is 4.79 Å². The van der Waals surface area contributed by atoms with Crippen LogP contribution in [0.4, 0.5) is 0 Å². The van der Waals surface area contributed by atoms with E-state index in [1.165, 1.54) is 0 Å². The van der Waals surface area contributed by atoms with E-state index in [4.69, 9.17) is 4.74 Å². The third-order valence-corrected chi connectivity index (χ3v) is 2.79. The van der Waals surface area contributed by atoms with Crippen molar-refractivity contribution >= 4 is 22.8 Å². The second kappa shape index (κ2) is 4.88. The summed E-state index contributed by atoms with van der Waals surface area (Å²) >= 11 is 0. The lowest BCUT2D eigenvalue weighted by Gasteiger charge is -2.20. The molecule has 0 radical (unpaired) electrons. The van der Waals surface area contributed by atoms with Crippen molar-refractivity contribution in [3.05, 3.63) is 54.1 Å². The number of ether oxygens (including phenoxy) is 1. The first-order chi connectivity index (χ1) is 8.92. The van der Waals surface area contributed by atoms with Crippen molar-refractivity contribution in [3.63, 3.8) is 0 Å². The van der Waals surface area contributed by atoms with E-state index in [1.54, 1.807) is 12.1 Å². The van der Waals surface area contributed by atoms with Gasteiger partial charge in [-0.3, -0.25) is 0 Å². The number of rotatable bonds is 2. The van der Waals surface area contributed by atoms with Gasteiger partial charge in [-0.15, -0.1) is 0 Å². The summed E-state index contributed by atoms with van der Waals surface area (Å²) in [6, 6.07) is 11.5. The van der Waals surface area contributed by atoms with E-state index >= 15 is 0 Å². The molecule has 0 aliphatic rings.